The summed E-state index contributed by atoms with van der Waals surface area (Å²) in [6.45, 7) is 2.07. The summed E-state index contributed by atoms with van der Waals surface area (Å²) in [5.41, 5.74) is 1.46. The molecule has 0 aliphatic carbocycles. The van der Waals surface area contributed by atoms with E-state index in [-0.39, 0.29) is 5.75 Å². The molecule has 1 aromatic carbocycles. The van der Waals surface area contributed by atoms with Crippen molar-refractivity contribution in [3.05, 3.63) is 31.5 Å². The zero-order valence-corrected chi connectivity index (χ0v) is 13.8. The van der Waals surface area contributed by atoms with E-state index in [4.69, 9.17) is 4.74 Å². The number of nitrogens with zero attached hydrogens (tertiary/aromatic N) is 1. The van der Waals surface area contributed by atoms with Crippen molar-refractivity contribution in [1.82, 2.24) is 4.98 Å². The molecule has 0 fully saturated rings. The molecule has 19 heavy (non-hydrogen) atoms. The van der Waals surface area contributed by atoms with Crippen LogP contribution in [0.5, 0.6) is 5.75 Å². The van der Waals surface area contributed by atoms with E-state index in [9.17, 15) is 9.90 Å². The van der Waals surface area contributed by atoms with Gasteiger partial charge in [-0.25, -0.2) is 9.78 Å². The number of carbonyl (C=O) groups excluding carboxylic acids is 1. The summed E-state index contributed by atoms with van der Waals surface area (Å²) in [5.74, 6) is -0.291. The maximum absolute atomic E-state index is 11.5. The van der Waals surface area contributed by atoms with Gasteiger partial charge in [0.05, 0.1) is 21.2 Å². The molecule has 0 unspecified atom stereocenters. The maximum Gasteiger partial charge on any atom is 0.367 e. The van der Waals surface area contributed by atoms with E-state index in [1.54, 1.807) is 24.4 Å². The van der Waals surface area contributed by atoms with Crippen molar-refractivity contribution in [1.29, 1.82) is 0 Å². The summed E-state index contributed by atoms with van der Waals surface area (Å²) in [6.07, 6.45) is 0. The summed E-state index contributed by atoms with van der Waals surface area (Å²) in [7, 11) is 0. The second kappa shape index (κ2) is 6.02. The van der Waals surface area contributed by atoms with Gasteiger partial charge in [-0.05, 0) is 50.9 Å². The van der Waals surface area contributed by atoms with Gasteiger partial charge < -0.3 is 9.84 Å². The normalized spacial score (nSPS) is 10.5. The van der Waals surface area contributed by atoms with E-state index in [0.717, 1.165) is 5.56 Å². The van der Waals surface area contributed by atoms with E-state index >= 15 is 0 Å². The van der Waals surface area contributed by atoms with Crippen molar-refractivity contribution < 1.29 is 14.6 Å². The molecule has 0 amide bonds. The molecule has 2 rings (SSSR count). The number of phenolic OH excluding ortho intramolecular Hbond substituents is 1. The number of aromatic hydroxyl groups is 1. The van der Waals surface area contributed by atoms with Crippen LogP contribution in [0.4, 0.5) is 0 Å². The SMILES string of the molecule is CCOC(=O)c1nc(-c2cc(Br)c(O)c(Br)c2)cs1. The van der Waals surface area contributed by atoms with Crippen molar-refractivity contribution in [3.8, 4) is 17.0 Å². The number of esters is 1. The van der Waals surface area contributed by atoms with Crippen LogP contribution in [0, 0.1) is 0 Å². The first-order valence-corrected chi connectivity index (χ1v) is 7.80. The van der Waals surface area contributed by atoms with Gasteiger partial charge in [-0.2, -0.15) is 0 Å². The van der Waals surface area contributed by atoms with Crippen LogP contribution >= 0.6 is 43.2 Å². The standard InChI is InChI=1S/C12H9Br2NO3S/c1-2-18-12(17)11-15-9(5-19-11)6-3-7(13)10(16)8(14)4-6/h3-5,16H,2H2,1H3. The highest BCUT2D eigenvalue weighted by Gasteiger charge is 2.14. The summed E-state index contributed by atoms with van der Waals surface area (Å²) in [4.78, 5) is 15.8. The third kappa shape index (κ3) is 3.16. The Morgan fingerprint density at radius 3 is 2.63 bits per heavy atom. The lowest BCUT2D eigenvalue weighted by Gasteiger charge is -2.03. The molecule has 0 saturated heterocycles. The number of ether oxygens (including phenoxy) is 1. The van der Waals surface area contributed by atoms with Crippen molar-refractivity contribution in [2.75, 3.05) is 6.61 Å². The first-order chi connectivity index (χ1) is 9.02. The molecule has 0 spiro atoms. The van der Waals surface area contributed by atoms with Crippen LogP contribution in [0.3, 0.4) is 0 Å². The fourth-order valence-electron chi connectivity index (χ4n) is 1.41. The third-order valence-electron chi connectivity index (χ3n) is 2.27. The lowest BCUT2D eigenvalue weighted by molar-refractivity contribution is 0.0526. The topological polar surface area (TPSA) is 59.4 Å². The number of hydrogen-bond donors (Lipinski definition) is 1. The molecule has 0 bridgehead atoms. The number of halogens is 2. The molecule has 0 saturated carbocycles. The van der Waals surface area contributed by atoms with Gasteiger partial charge in [0.15, 0.2) is 0 Å². The molecule has 2 aromatic rings. The number of aromatic nitrogens is 1. The van der Waals surface area contributed by atoms with Crippen molar-refractivity contribution in [2.45, 2.75) is 6.92 Å². The second-order valence-electron chi connectivity index (χ2n) is 3.55. The fourth-order valence-corrected chi connectivity index (χ4v) is 3.31. The average Bonchev–Trinajstić information content (AvgIpc) is 2.85. The minimum Gasteiger partial charge on any atom is -0.506 e. The highest BCUT2D eigenvalue weighted by atomic mass is 79.9. The predicted octanol–water partition coefficient (Wildman–Crippen LogP) is 4.22. The molecule has 4 nitrogen and oxygen atoms in total. The molecule has 0 radical (unpaired) electrons. The van der Waals surface area contributed by atoms with Gasteiger partial charge in [0, 0.05) is 10.9 Å². The first kappa shape index (κ1) is 14.5. The van der Waals surface area contributed by atoms with Crippen LogP contribution in [0.15, 0.2) is 26.5 Å². The summed E-state index contributed by atoms with van der Waals surface area (Å²) in [6, 6.07) is 3.48. The molecular formula is C12H9Br2NO3S. The average molecular weight is 407 g/mol. The van der Waals surface area contributed by atoms with Gasteiger partial charge in [0.2, 0.25) is 5.01 Å². The molecular weight excluding hydrogens is 398 g/mol. The molecule has 7 heteroatoms. The highest BCUT2D eigenvalue weighted by molar-refractivity contribution is 9.11. The minimum atomic E-state index is -0.421. The number of phenols is 1. The van der Waals surface area contributed by atoms with E-state index in [0.29, 0.717) is 26.3 Å². The third-order valence-corrected chi connectivity index (χ3v) is 4.30. The Labute approximate surface area is 130 Å². The Bertz CT molecular complexity index is 604. The molecule has 0 aliphatic rings. The van der Waals surface area contributed by atoms with Crippen molar-refractivity contribution in [3.63, 3.8) is 0 Å². The van der Waals surface area contributed by atoms with Crippen LogP contribution in [0.1, 0.15) is 16.7 Å². The molecule has 0 atom stereocenters. The van der Waals surface area contributed by atoms with Crippen molar-refractivity contribution >= 4 is 49.2 Å². The molecule has 100 valence electrons. The number of thiazole rings is 1. The second-order valence-corrected chi connectivity index (χ2v) is 6.11. The molecule has 0 aliphatic heterocycles. The monoisotopic (exact) mass is 405 g/mol. The zero-order chi connectivity index (χ0) is 14.0. The van der Waals surface area contributed by atoms with E-state index in [2.05, 4.69) is 36.8 Å². The molecule has 1 N–H and O–H groups in total. The summed E-state index contributed by atoms with van der Waals surface area (Å²) >= 11 is 7.75. The van der Waals surface area contributed by atoms with E-state index < -0.39 is 5.97 Å². The first-order valence-electron chi connectivity index (χ1n) is 5.34. The van der Waals surface area contributed by atoms with Crippen LogP contribution in [-0.2, 0) is 4.74 Å². The number of benzene rings is 1. The molecule has 1 heterocycles. The van der Waals surface area contributed by atoms with Crippen LogP contribution in [0.25, 0.3) is 11.3 Å². The van der Waals surface area contributed by atoms with Crippen LogP contribution < -0.4 is 0 Å². The lowest BCUT2D eigenvalue weighted by atomic mass is 10.2. The van der Waals surface area contributed by atoms with Gasteiger partial charge in [0.25, 0.3) is 0 Å². The Hall–Kier alpha value is -0.920. The Morgan fingerprint density at radius 2 is 2.05 bits per heavy atom. The van der Waals surface area contributed by atoms with Gasteiger partial charge in [-0.3, -0.25) is 0 Å². The fraction of sp³-hybridized carbons (Fsp3) is 0.167. The van der Waals surface area contributed by atoms with Gasteiger partial charge in [-0.15, -0.1) is 11.3 Å². The van der Waals surface area contributed by atoms with Gasteiger partial charge in [-0.1, -0.05) is 0 Å². The van der Waals surface area contributed by atoms with Gasteiger partial charge >= 0.3 is 5.97 Å². The largest absolute Gasteiger partial charge is 0.506 e. The maximum atomic E-state index is 11.5. The van der Waals surface area contributed by atoms with Crippen LogP contribution in [-0.4, -0.2) is 22.7 Å². The Balaban J connectivity index is 2.35. The lowest BCUT2D eigenvalue weighted by Crippen LogP contribution is -2.03. The highest BCUT2D eigenvalue weighted by Crippen LogP contribution is 2.37. The smallest absolute Gasteiger partial charge is 0.367 e. The summed E-state index contributed by atoms with van der Waals surface area (Å²) in [5, 5.41) is 11.7. The molecule has 1 aromatic heterocycles. The minimum absolute atomic E-state index is 0.129. The van der Waals surface area contributed by atoms with Crippen molar-refractivity contribution in [2.24, 2.45) is 0 Å². The van der Waals surface area contributed by atoms with E-state index in [1.807, 2.05) is 0 Å². The number of hydrogen-bond acceptors (Lipinski definition) is 5. The number of rotatable bonds is 3. The number of carbonyl (C=O) groups is 1. The van der Waals surface area contributed by atoms with Gasteiger partial charge in [0.1, 0.15) is 5.75 Å². The Kier molecular flexibility index (Phi) is 4.59. The Morgan fingerprint density at radius 1 is 1.42 bits per heavy atom. The van der Waals surface area contributed by atoms with E-state index in [1.165, 1.54) is 11.3 Å². The quantitative estimate of drug-likeness (QED) is 0.775. The zero-order valence-electron chi connectivity index (χ0n) is 9.81. The van der Waals surface area contributed by atoms with Crippen LogP contribution in [0.2, 0.25) is 0 Å². The summed E-state index contributed by atoms with van der Waals surface area (Å²) < 4.78 is 6.01. The predicted molar refractivity (Wildman–Crippen MR) is 80.6 cm³/mol.